The minimum absolute atomic E-state index is 0. The van der Waals surface area contributed by atoms with E-state index in [1.165, 1.54) is 7.11 Å². The number of nitrogens with zero attached hydrogens (tertiary/aromatic N) is 3. The Balaban J connectivity index is 0.00000192. The van der Waals surface area contributed by atoms with Crippen molar-refractivity contribution in [3.8, 4) is 0 Å². The van der Waals surface area contributed by atoms with Gasteiger partial charge in [0, 0.05) is 18.1 Å². The molecule has 0 spiro atoms. The van der Waals surface area contributed by atoms with E-state index in [9.17, 15) is 4.79 Å². The first-order valence-electron chi connectivity index (χ1n) is 6.53. The van der Waals surface area contributed by atoms with Crippen LogP contribution in [0.3, 0.4) is 0 Å². The average Bonchev–Trinajstić information content (AvgIpc) is 2.89. The van der Waals surface area contributed by atoms with Gasteiger partial charge in [0.15, 0.2) is 11.5 Å². The molecule has 1 N–H and O–H groups in total. The van der Waals surface area contributed by atoms with Gasteiger partial charge in [0.05, 0.1) is 18.9 Å². The lowest BCUT2D eigenvalue weighted by molar-refractivity contribution is 0.0600. The minimum Gasteiger partial charge on any atom is -0.465 e. The number of methoxy groups -OCH3 is 1. The van der Waals surface area contributed by atoms with Crippen molar-refractivity contribution in [2.45, 2.75) is 6.92 Å². The van der Waals surface area contributed by atoms with Crippen LogP contribution in [0.25, 0.3) is 5.65 Å². The largest absolute Gasteiger partial charge is 0.465 e. The van der Waals surface area contributed by atoms with E-state index in [1.54, 1.807) is 18.5 Å². The van der Waals surface area contributed by atoms with Gasteiger partial charge in [-0.05, 0) is 53.3 Å². The second-order valence-corrected chi connectivity index (χ2v) is 5.80. The second-order valence-electron chi connectivity index (χ2n) is 4.70. The molecule has 120 valence electrons. The first kappa shape index (κ1) is 17.5. The van der Waals surface area contributed by atoms with Crippen molar-refractivity contribution in [2.24, 2.45) is 0 Å². The van der Waals surface area contributed by atoms with Crippen LogP contribution < -0.4 is 5.32 Å². The Morgan fingerprint density at radius 1 is 1.35 bits per heavy atom. The number of imidazole rings is 1. The van der Waals surface area contributed by atoms with Gasteiger partial charge in [0.1, 0.15) is 3.70 Å². The third kappa shape index (κ3) is 3.40. The quantitative estimate of drug-likeness (QED) is 0.494. The van der Waals surface area contributed by atoms with E-state index in [1.807, 2.05) is 29.7 Å². The summed E-state index contributed by atoms with van der Waals surface area (Å²) < 4.78 is 7.71. The summed E-state index contributed by atoms with van der Waals surface area (Å²) in [5.74, 6) is 0.322. The van der Waals surface area contributed by atoms with E-state index in [0.717, 1.165) is 20.6 Å². The number of halogens is 2. The lowest BCUT2D eigenvalue weighted by atomic mass is 10.1. The van der Waals surface area contributed by atoms with Gasteiger partial charge in [-0.1, -0.05) is 0 Å². The summed E-state index contributed by atoms with van der Waals surface area (Å²) in [6, 6.07) is 5.43. The van der Waals surface area contributed by atoms with Crippen LogP contribution in [0.1, 0.15) is 15.9 Å². The third-order valence-electron chi connectivity index (χ3n) is 3.28. The monoisotopic (exact) mass is 444 g/mol. The molecule has 2 aromatic heterocycles. The molecule has 0 unspecified atom stereocenters. The molecule has 6 nitrogen and oxygen atoms in total. The fourth-order valence-corrected chi connectivity index (χ4v) is 2.72. The summed E-state index contributed by atoms with van der Waals surface area (Å²) in [5, 5.41) is 3.24. The van der Waals surface area contributed by atoms with E-state index in [4.69, 9.17) is 4.74 Å². The Morgan fingerprint density at radius 2 is 2.13 bits per heavy atom. The number of hydrogen-bond donors (Lipinski definition) is 1. The summed E-state index contributed by atoms with van der Waals surface area (Å²) in [4.78, 5) is 20.3. The van der Waals surface area contributed by atoms with Gasteiger partial charge in [-0.25, -0.2) is 14.8 Å². The van der Waals surface area contributed by atoms with Crippen molar-refractivity contribution >= 4 is 58.1 Å². The molecule has 3 aromatic rings. The maximum atomic E-state index is 11.6. The molecule has 0 radical (unpaired) electrons. The molecule has 0 atom stereocenters. The van der Waals surface area contributed by atoms with Crippen molar-refractivity contribution < 1.29 is 9.53 Å². The number of nitrogens with one attached hydrogen (secondary N) is 1. The van der Waals surface area contributed by atoms with Crippen molar-refractivity contribution in [1.82, 2.24) is 14.4 Å². The Kier molecular flexibility index (Phi) is 5.42. The number of anilines is 2. The number of aromatic nitrogens is 3. The highest BCUT2D eigenvalue weighted by molar-refractivity contribution is 14.1. The number of carbonyl (C=O) groups is 1. The van der Waals surface area contributed by atoms with Crippen LogP contribution in [0.15, 0.2) is 36.8 Å². The van der Waals surface area contributed by atoms with Gasteiger partial charge in [-0.3, -0.25) is 4.40 Å². The van der Waals surface area contributed by atoms with Gasteiger partial charge in [-0.2, -0.15) is 0 Å². The number of benzene rings is 1. The number of rotatable bonds is 3. The lowest BCUT2D eigenvalue weighted by Crippen LogP contribution is -2.04. The normalized spacial score (nSPS) is 10.2. The molecule has 0 amide bonds. The predicted octanol–water partition coefficient (Wildman–Crippen LogP) is 3.59. The maximum absolute atomic E-state index is 11.6. The zero-order valence-electron chi connectivity index (χ0n) is 12.4. The summed E-state index contributed by atoms with van der Waals surface area (Å²) in [7, 11) is 1.37. The molecule has 0 aliphatic rings. The minimum atomic E-state index is -0.341. The van der Waals surface area contributed by atoms with Crippen LogP contribution in [-0.2, 0) is 4.74 Å². The zero-order valence-corrected chi connectivity index (χ0v) is 15.4. The van der Waals surface area contributed by atoms with Crippen molar-refractivity contribution in [1.29, 1.82) is 0 Å². The second kappa shape index (κ2) is 7.14. The van der Waals surface area contributed by atoms with E-state index in [-0.39, 0.29) is 18.4 Å². The van der Waals surface area contributed by atoms with Crippen LogP contribution in [0.5, 0.6) is 0 Å². The van der Waals surface area contributed by atoms with Crippen LogP contribution in [0.4, 0.5) is 11.5 Å². The van der Waals surface area contributed by atoms with Gasteiger partial charge < -0.3 is 10.1 Å². The average molecular weight is 445 g/mol. The Labute approximate surface area is 152 Å². The molecular weight excluding hydrogens is 431 g/mol. The highest BCUT2D eigenvalue weighted by Gasteiger charge is 2.11. The van der Waals surface area contributed by atoms with Crippen LogP contribution >= 0.6 is 35.0 Å². The number of ether oxygens (including phenoxy) is 1. The predicted molar refractivity (Wildman–Crippen MR) is 98.8 cm³/mol. The Morgan fingerprint density at radius 3 is 2.83 bits per heavy atom. The molecule has 8 heteroatoms. The molecular formula is C15H14ClIN4O2. The zero-order chi connectivity index (χ0) is 15.7. The van der Waals surface area contributed by atoms with Crippen molar-refractivity contribution in [2.75, 3.05) is 12.4 Å². The van der Waals surface area contributed by atoms with E-state index >= 15 is 0 Å². The first-order valence-corrected chi connectivity index (χ1v) is 7.61. The fourth-order valence-electron chi connectivity index (χ4n) is 2.19. The highest BCUT2D eigenvalue weighted by atomic mass is 127. The van der Waals surface area contributed by atoms with E-state index in [2.05, 4.69) is 37.9 Å². The molecule has 1 aromatic carbocycles. The SMILES string of the molecule is COC(=O)c1ccc(Nc2nccn3c(I)cnc23)cc1C.Cl. The van der Waals surface area contributed by atoms with Crippen molar-refractivity contribution in [3.63, 3.8) is 0 Å². The van der Waals surface area contributed by atoms with E-state index in [0.29, 0.717) is 11.4 Å². The third-order valence-corrected chi connectivity index (χ3v) is 4.08. The summed E-state index contributed by atoms with van der Waals surface area (Å²) in [6.07, 6.45) is 5.37. The number of esters is 1. The molecule has 0 saturated heterocycles. The number of fused-ring (bicyclic) bond motifs is 1. The molecule has 0 bridgehead atoms. The van der Waals surface area contributed by atoms with Crippen LogP contribution in [-0.4, -0.2) is 27.4 Å². The lowest BCUT2D eigenvalue weighted by Gasteiger charge is -2.09. The smallest absolute Gasteiger partial charge is 0.338 e. The Hall–Kier alpha value is -1.87. The van der Waals surface area contributed by atoms with Gasteiger partial charge >= 0.3 is 5.97 Å². The van der Waals surface area contributed by atoms with Crippen molar-refractivity contribution in [3.05, 3.63) is 51.6 Å². The molecule has 3 rings (SSSR count). The first-order chi connectivity index (χ1) is 10.6. The molecule has 0 saturated carbocycles. The molecule has 0 aliphatic carbocycles. The number of carbonyl (C=O) groups excluding carboxylic acids is 1. The van der Waals surface area contributed by atoms with E-state index < -0.39 is 0 Å². The molecule has 23 heavy (non-hydrogen) atoms. The Bertz CT molecular complexity index is 866. The number of aryl methyl sites for hydroxylation is 1. The summed E-state index contributed by atoms with van der Waals surface area (Å²) >= 11 is 2.22. The standard InChI is InChI=1S/C15H13IN4O2.ClH/c1-9-7-10(3-4-11(9)15(21)22-2)19-13-14-18-8-12(16)20(14)6-5-17-13;/h3-8H,1-2H3,(H,17,19);1H. The molecule has 0 fully saturated rings. The van der Waals surface area contributed by atoms with Gasteiger partial charge in [-0.15, -0.1) is 12.4 Å². The topological polar surface area (TPSA) is 68.5 Å². The van der Waals surface area contributed by atoms with Gasteiger partial charge in [0.2, 0.25) is 0 Å². The maximum Gasteiger partial charge on any atom is 0.338 e. The summed E-state index contributed by atoms with van der Waals surface area (Å²) in [5.41, 5.74) is 2.97. The van der Waals surface area contributed by atoms with Gasteiger partial charge in [0.25, 0.3) is 0 Å². The summed E-state index contributed by atoms with van der Waals surface area (Å²) in [6.45, 7) is 1.86. The van der Waals surface area contributed by atoms with Crippen LogP contribution in [0, 0.1) is 10.6 Å². The highest BCUT2D eigenvalue weighted by Crippen LogP contribution is 2.22. The number of hydrogen-bond acceptors (Lipinski definition) is 5. The molecule has 0 aliphatic heterocycles. The fraction of sp³-hybridized carbons (Fsp3) is 0.133. The molecule has 2 heterocycles. The van der Waals surface area contributed by atoms with Crippen LogP contribution in [0.2, 0.25) is 0 Å².